The van der Waals surface area contributed by atoms with Crippen LogP contribution in [0.15, 0.2) is 48.5 Å². The van der Waals surface area contributed by atoms with Gasteiger partial charge in [-0.05, 0) is 80.3 Å². The van der Waals surface area contributed by atoms with Gasteiger partial charge in [0, 0.05) is 11.8 Å². The van der Waals surface area contributed by atoms with Crippen molar-refractivity contribution in [2.24, 2.45) is 5.41 Å². The number of aryl methyl sites for hydroxylation is 2. The van der Waals surface area contributed by atoms with Gasteiger partial charge in [-0.3, -0.25) is 9.59 Å². The number of esters is 2. The van der Waals surface area contributed by atoms with Crippen molar-refractivity contribution in [3.63, 3.8) is 0 Å². The van der Waals surface area contributed by atoms with Crippen LogP contribution in [-0.2, 0) is 41.5 Å². The van der Waals surface area contributed by atoms with Gasteiger partial charge in [0.2, 0.25) is 5.78 Å². The Hall–Kier alpha value is -3.88. The molecule has 9 heteroatoms. The highest BCUT2D eigenvalue weighted by Crippen LogP contribution is 2.32. The van der Waals surface area contributed by atoms with E-state index < -0.39 is 41.1 Å². The SMILES string of the molecule is C.CCC(C)(C)C(=O)C(=O)N1[C@@H](C(=O)OCCCCc2ccc(OC)cc2)C[C@@H]1C(=O)OCCCCc1ccc(OC)cc1. The molecule has 9 nitrogen and oxygen atoms in total. The molecule has 1 aliphatic rings. The summed E-state index contributed by atoms with van der Waals surface area (Å²) in [6.45, 7) is 5.55. The summed E-state index contributed by atoms with van der Waals surface area (Å²) in [5.41, 5.74) is 1.39. The maximum Gasteiger partial charge on any atom is 0.328 e. The molecule has 3 rings (SSSR count). The lowest BCUT2D eigenvalue weighted by Gasteiger charge is -2.45. The third-order valence-electron chi connectivity index (χ3n) is 8.12. The molecular formula is C35H49NO8. The number of amides is 1. The number of ether oxygens (including phenoxy) is 4. The van der Waals surface area contributed by atoms with Gasteiger partial charge in [0.1, 0.15) is 23.6 Å². The van der Waals surface area contributed by atoms with E-state index in [1.807, 2.05) is 55.5 Å². The molecule has 0 N–H and O–H groups in total. The maximum absolute atomic E-state index is 13.3. The van der Waals surface area contributed by atoms with Crippen molar-refractivity contribution in [2.75, 3.05) is 27.4 Å². The van der Waals surface area contributed by atoms with E-state index in [1.54, 1.807) is 28.1 Å². The fourth-order valence-electron chi connectivity index (χ4n) is 4.77. The molecule has 1 fully saturated rings. The molecule has 0 saturated carbocycles. The Morgan fingerprint density at radius 3 is 1.50 bits per heavy atom. The molecule has 1 heterocycles. The molecule has 0 unspecified atom stereocenters. The molecule has 44 heavy (non-hydrogen) atoms. The molecule has 0 radical (unpaired) electrons. The summed E-state index contributed by atoms with van der Waals surface area (Å²) < 4.78 is 21.3. The average molecular weight is 612 g/mol. The number of hydrogen-bond donors (Lipinski definition) is 0. The second kappa shape index (κ2) is 17.4. The summed E-state index contributed by atoms with van der Waals surface area (Å²) in [7, 11) is 3.25. The quantitative estimate of drug-likeness (QED) is 0.126. The zero-order valence-electron chi connectivity index (χ0n) is 26.1. The van der Waals surface area contributed by atoms with Crippen LogP contribution in [0.4, 0.5) is 0 Å². The van der Waals surface area contributed by atoms with Gasteiger partial charge in [0.15, 0.2) is 0 Å². The Morgan fingerprint density at radius 2 is 1.14 bits per heavy atom. The van der Waals surface area contributed by atoms with Crippen LogP contribution in [0.3, 0.4) is 0 Å². The number of likely N-dealkylation sites (tertiary alicyclic amines) is 1. The second-order valence-electron chi connectivity index (χ2n) is 11.5. The normalized spacial score (nSPS) is 15.8. The first-order valence-electron chi connectivity index (χ1n) is 15.1. The van der Waals surface area contributed by atoms with Gasteiger partial charge < -0.3 is 23.8 Å². The van der Waals surface area contributed by atoms with Gasteiger partial charge in [-0.15, -0.1) is 0 Å². The molecule has 1 amide bonds. The highest BCUT2D eigenvalue weighted by atomic mass is 16.5. The zero-order valence-corrected chi connectivity index (χ0v) is 26.1. The third kappa shape index (κ3) is 9.82. The van der Waals surface area contributed by atoms with E-state index >= 15 is 0 Å². The summed E-state index contributed by atoms with van der Waals surface area (Å²) in [6.07, 6.45) is 5.06. The number of rotatable bonds is 17. The Balaban J connectivity index is 0.00000675. The first kappa shape index (κ1) is 36.3. The third-order valence-corrected chi connectivity index (χ3v) is 8.12. The van der Waals surface area contributed by atoms with Gasteiger partial charge in [0.05, 0.1) is 27.4 Å². The molecule has 0 spiro atoms. The van der Waals surface area contributed by atoms with Crippen LogP contribution in [0, 0.1) is 5.41 Å². The van der Waals surface area contributed by atoms with Crippen molar-refractivity contribution in [1.29, 1.82) is 0 Å². The van der Waals surface area contributed by atoms with Crippen LogP contribution >= 0.6 is 0 Å². The number of unbranched alkanes of at least 4 members (excludes halogenated alkanes) is 2. The van der Waals surface area contributed by atoms with Gasteiger partial charge in [0.25, 0.3) is 5.91 Å². The van der Waals surface area contributed by atoms with Crippen molar-refractivity contribution < 1.29 is 38.1 Å². The van der Waals surface area contributed by atoms with Crippen molar-refractivity contribution in [1.82, 2.24) is 4.90 Å². The van der Waals surface area contributed by atoms with Crippen molar-refractivity contribution in [3.05, 3.63) is 59.7 Å². The van der Waals surface area contributed by atoms with Gasteiger partial charge >= 0.3 is 11.9 Å². The van der Waals surface area contributed by atoms with Crippen LogP contribution in [0.5, 0.6) is 11.5 Å². The molecule has 2 aromatic rings. The Bertz CT molecular complexity index is 1150. The minimum atomic E-state index is -0.988. The van der Waals surface area contributed by atoms with E-state index in [9.17, 15) is 19.2 Å². The summed E-state index contributed by atoms with van der Waals surface area (Å²) in [6, 6.07) is 13.6. The monoisotopic (exact) mass is 611 g/mol. The maximum atomic E-state index is 13.3. The van der Waals surface area contributed by atoms with E-state index in [4.69, 9.17) is 18.9 Å². The lowest BCUT2D eigenvalue weighted by Crippen LogP contribution is -2.67. The predicted molar refractivity (Wildman–Crippen MR) is 169 cm³/mol. The number of carbonyl (C=O) groups excluding carboxylic acids is 4. The van der Waals surface area contributed by atoms with E-state index in [-0.39, 0.29) is 27.1 Å². The smallest absolute Gasteiger partial charge is 0.328 e. The Morgan fingerprint density at radius 1 is 0.727 bits per heavy atom. The summed E-state index contributed by atoms with van der Waals surface area (Å²) in [5.74, 6) is -1.10. The summed E-state index contributed by atoms with van der Waals surface area (Å²) in [5, 5.41) is 0. The van der Waals surface area contributed by atoms with Gasteiger partial charge in [-0.25, -0.2) is 9.59 Å². The zero-order chi connectivity index (χ0) is 31.4. The van der Waals surface area contributed by atoms with Crippen LogP contribution in [-0.4, -0.2) is 68.0 Å². The molecule has 0 bridgehead atoms. The van der Waals surface area contributed by atoms with Gasteiger partial charge in [-0.2, -0.15) is 0 Å². The minimum absolute atomic E-state index is 0. The highest BCUT2D eigenvalue weighted by molar-refractivity contribution is 6.38. The summed E-state index contributed by atoms with van der Waals surface area (Å²) in [4.78, 5) is 53.2. The highest BCUT2D eigenvalue weighted by Gasteiger charge is 2.53. The number of hydrogen-bond acceptors (Lipinski definition) is 8. The van der Waals surface area contributed by atoms with Crippen LogP contribution in [0.1, 0.15) is 77.8 Å². The largest absolute Gasteiger partial charge is 0.497 e. The number of carbonyl (C=O) groups is 4. The Labute approximate surface area is 262 Å². The van der Waals surface area contributed by atoms with Crippen molar-refractivity contribution in [2.45, 2.75) is 91.6 Å². The van der Waals surface area contributed by atoms with E-state index in [1.165, 1.54) is 0 Å². The topological polar surface area (TPSA) is 108 Å². The first-order valence-corrected chi connectivity index (χ1v) is 15.1. The standard InChI is InChI=1S/C34H45NO8.CH4/c1-6-34(2,3)30(36)31(37)35-28(32(38)42-21-9-7-11-24-13-17-26(40-4)18-14-24)23-29(35)33(39)43-22-10-8-12-25-15-19-27(41-5)20-16-25;/h13-20,28-29H,6-12,21-23H2,1-5H3;1H4/t28-,29-;/m1./s1. The van der Waals surface area contributed by atoms with E-state index in [0.717, 1.165) is 53.2 Å². The summed E-state index contributed by atoms with van der Waals surface area (Å²) >= 11 is 0. The number of nitrogens with zero attached hydrogens (tertiary/aromatic N) is 1. The molecule has 1 aliphatic heterocycles. The number of benzene rings is 2. The fraction of sp³-hybridized carbons (Fsp3) is 0.543. The molecular weight excluding hydrogens is 562 g/mol. The molecule has 2 atom stereocenters. The average Bonchev–Trinajstić information content (AvgIpc) is 3.00. The number of methoxy groups -OCH3 is 2. The fourth-order valence-corrected chi connectivity index (χ4v) is 4.77. The molecule has 0 aliphatic carbocycles. The lowest BCUT2D eigenvalue weighted by molar-refractivity contribution is -0.179. The lowest BCUT2D eigenvalue weighted by atomic mass is 9.82. The second-order valence-corrected chi connectivity index (χ2v) is 11.5. The van der Waals surface area contributed by atoms with Gasteiger partial charge in [-0.1, -0.05) is 52.5 Å². The van der Waals surface area contributed by atoms with Crippen LogP contribution < -0.4 is 9.47 Å². The first-order chi connectivity index (χ1) is 20.6. The van der Waals surface area contributed by atoms with Crippen molar-refractivity contribution in [3.8, 4) is 11.5 Å². The van der Waals surface area contributed by atoms with Crippen LogP contribution in [0.2, 0.25) is 0 Å². The predicted octanol–water partition coefficient (Wildman–Crippen LogP) is 5.75. The van der Waals surface area contributed by atoms with E-state index in [2.05, 4.69) is 0 Å². The molecule has 2 aromatic carbocycles. The molecule has 0 aromatic heterocycles. The molecule has 1 saturated heterocycles. The number of Topliss-reactive ketones (excluding diaryl/α,β-unsaturated/α-hetero) is 1. The Kier molecular flexibility index (Phi) is 14.4. The molecule has 242 valence electrons. The number of ketones is 1. The van der Waals surface area contributed by atoms with Crippen molar-refractivity contribution >= 4 is 23.6 Å². The van der Waals surface area contributed by atoms with Crippen LogP contribution in [0.25, 0.3) is 0 Å². The van der Waals surface area contributed by atoms with E-state index in [0.29, 0.717) is 19.3 Å². The minimum Gasteiger partial charge on any atom is -0.497 e.